The van der Waals surface area contributed by atoms with Crippen molar-refractivity contribution < 1.29 is 4.79 Å². The third-order valence-corrected chi connectivity index (χ3v) is 3.63. The summed E-state index contributed by atoms with van der Waals surface area (Å²) in [7, 11) is 0. The van der Waals surface area contributed by atoms with Crippen molar-refractivity contribution in [3.63, 3.8) is 0 Å². The molecule has 4 heteroatoms. The normalized spacial score (nSPS) is 18.1. The Kier molecular flexibility index (Phi) is 6.88. The number of thioether (sulfide) groups is 1. The number of nitrogens with one attached hydrogen (secondary N) is 1. The maximum Gasteiger partial charge on any atom is 0.222 e. The number of hydrogen-bond donors (Lipinski definition) is 1. The highest BCUT2D eigenvalue weighted by atomic mass is 32.2. The van der Waals surface area contributed by atoms with Gasteiger partial charge in [-0.25, -0.2) is 0 Å². The molecule has 1 fully saturated rings. The van der Waals surface area contributed by atoms with E-state index in [1.165, 1.54) is 18.6 Å². The quantitative estimate of drug-likeness (QED) is 0.660. The molecule has 1 N–H and O–H groups in total. The summed E-state index contributed by atoms with van der Waals surface area (Å²) in [5.74, 6) is 1.58. The lowest BCUT2D eigenvalue weighted by atomic mass is 10.2. The molecule has 1 heterocycles. The van der Waals surface area contributed by atoms with Gasteiger partial charge in [-0.2, -0.15) is 11.8 Å². The van der Waals surface area contributed by atoms with Crippen LogP contribution in [0, 0.1) is 0 Å². The lowest BCUT2D eigenvalue weighted by Crippen LogP contribution is -2.40. The predicted octanol–water partition coefficient (Wildman–Crippen LogP) is 1.73. The van der Waals surface area contributed by atoms with Crippen LogP contribution in [-0.4, -0.2) is 48.5 Å². The molecule has 1 aliphatic rings. The Bertz CT molecular complexity index is 211. The Labute approximate surface area is 103 Å². The third-order valence-electron chi connectivity index (χ3n) is 2.93. The summed E-state index contributed by atoms with van der Waals surface area (Å²) in [6.45, 7) is 5.07. The molecule has 0 bridgehead atoms. The van der Waals surface area contributed by atoms with Gasteiger partial charge < -0.3 is 10.2 Å². The highest BCUT2D eigenvalue weighted by Crippen LogP contribution is 2.09. The van der Waals surface area contributed by atoms with Gasteiger partial charge in [-0.3, -0.25) is 4.79 Å². The monoisotopic (exact) mass is 244 g/mol. The molecule has 0 radical (unpaired) electrons. The molecule has 1 saturated heterocycles. The number of amides is 1. The van der Waals surface area contributed by atoms with Crippen molar-refractivity contribution in [2.24, 2.45) is 0 Å². The van der Waals surface area contributed by atoms with Gasteiger partial charge in [-0.15, -0.1) is 0 Å². The second-order valence-corrected chi connectivity index (χ2v) is 5.48. The van der Waals surface area contributed by atoms with Gasteiger partial charge in [0.15, 0.2) is 0 Å². The first-order valence-electron chi connectivity index (χ1n) is 6.24. The molecule has 1 atom stereocenters. The van der Waals surface area contributed by atoms with Gasteiger partial charge >= 0.3 is 0 Å². The molecule has 94 valence electrons. The Balaban J connectivity index is 2.02. The van der Waals surface area contributed by atoms with Gasteiger partial charge in [0.2, 0.25) is 5.91 Å². The van der Waals surface area contributed by atoms with Gasteiger partial charge in [-0.05, 0) is 44.7 Å². The molecular formula is C12H24N2OS. The zero-order valence-corrected chi connectivity index (χ0v) is 11.3. The third kappa shape index (κ3) is 5.21. The van der Waals surface area contributed by atoms with E-state index in [-0.39, 0.29) is 0 Å². The van der Waals surface area contributed by atoms with Crippen LogP contribution in [0.3, 0.4) is 0 Å². The van der Waals surface area contributed by atoms with E-state index in [9.17, 15) is 4.79 Å². The molecule has 0 saturated carbocycles. The Morgan fingerprint density at radius 3 is 2.94 bits per heavy atom. The van der Waals surface area contributed by atoms with Crippen LogP contribution in [0.25, 0.3) is 0 Å². The van der Waals surface area contributed by atoms with E-state index in [0.717, 1.165) is 32.5 Å². The van der Waals surface area contributed by atoms with Crippen molar-refractivity contribution in [1.82, 2.24) is 10.2 Å². The Morgan fingerprint density at radius 2 is 2.31 bits per heavy atom. The number of carbonyl (C=O) groups excluding carboxylic acids is 1. The van der Waals surface area contributed by atoms with E-state index in [0.29, 0.717) is 11.9 Å². The summed E-state index contributed by atoms with van der Waals surface area (Å²) >= 11 is 1.91. The van der Waals surface area contributed by atoms with Crippen LogP contribution >= 0.6 is 11.8 Å². The van der Waals surface area contributed by atoms with E-state index >= 15 is 0 Å². The first kappa shape index (κ1) is 13.8. The number of hydrogen-bond acceptors (Lipinski definition) is 3. The molecule has 1 rings (SSSR count). The van der Waals surface area contributed by atoms with Crippen LogP contribution in [0.1, 0.15) is 32.6 Å². The van der Waals surface area contributed by atoms with Crippen molar-refractivity contribution in [3.8, 4) is 0 Å². The maximum atomic E-state index is 11.4. The molecule has 1 unspecified atom stereocenters. The van der Waals surface area contributed by atoms with Crippen molar-refractivity contribution >= 4 is 17.7 Å². The minimum Gasteiger partial charge on any atom is -0.341 e. The minimum atomic E-state index is 0.330. The molecule has 1 aliphatic heterocycles. The van der Waals surface area contributed by atoms with Gasteiger partial charge in [-0.1, -0.05) is 0 Å². The van der Waals surface area contributed by atoms with Gasteiger partial charge in [0.25, 0.3) is 0 Å². The minimum absolute atomic E-state index is 0.330. The van der Waals surface area contributed by atoms with E-state index in [4.69, 9.17) is 0 Å². The van der Waals surface area contributed by atoms with E-state index in [1.807, 2.05) is 16.7 Å². The standard InChI is InChI=1S/C12H24N2OS/c1-11(13-7-3-4-9-16-2)10-14-8-5-6-12(14)15/h11,13H,3-10H2,1-2H3. The molecule has 0 aromatic heterocycles. The summed E-state index contributed by atoms with van der Waals surface area (Å²) in [5, 5.41) is 3.49. The van der Waals surface area contributed by atoms with Crippen LogP contribution < -0.4 is 5.32 Å². The fourth-order valence-corrected chi connectivity index (χ4v) is 2.50. The van der Waals surface area contributed by atoms with Crippen LogP contribution in [-0.2, 0) is 4.79 Å². The van der Waals surface area contributed by atoms with Crippen LogP contribution in [0.15, 0.2) is 0 Å². The molecule has 0 aromatic rings. The number of rotatable bonds is 8. The smallest absolute Gasteiger partial charge is 0.222 e. The first-order chi connectivity index (χ1) is 7.74. The average Bonchev–Trinajstić information content (AvgIpc) is 2.64. The number of carbonyl (C=O) groups is 1. The van der Waals surface area contributed by atoms with E-state index < -0.39 is 0 Å². The fraction of sp³-hybridized carbons (Fsp3) is 0.917. The molecule has 3 nitrogen and oxygen atoms in total. The molecular weight excluding hydrogens is 220 g/mol. The second-order valence-electron chi connectivity index (χ2n) is 4.50. The van der Waals surface area contributed by atoms with Crippen molar-refractivity contribution in [1.29, 1.82) is 0 Å². The molecule has 0 aliphatic carbocycles. The molecule has 1 amide bonds. The van der Waals surface area contributed by atoms with Crippen molar-refractivity contribution in [3.05, 3.63) is 0 Å². The molecule has 0 aromatic carbocycles. The fourth-order valence-electron chi connectivity index (χ4n) is 2.01. The SMILES string of the molecule is CSCCCCNC(C)CN1CCCC1=O. The topological polar surface area (TPSA) is 32.3 Å². The highest BCUT2D eigenvalue weighted by molar-refractivity contribution is 7.98. The zero-order valence-electron chi connectivity index (χ0n) is 10.5. The van der Waals surface area contributed by atoms with E-state index in [2.05, 4.69) is 18.5 Å². The second kappa shape index (κ2) is 7.96. The average molecular weight is 244 g/mol. The van der Waals surface area contributed by atoms with Crippen molar-refractivity contribution in [2.75, 3.05) is 31.6 Å². The lowest BCUT2D eigenvalue weighted by molar-refractivity contribution is -0.127. The number of likely N-dealkylation sites (tertiary alicyclic amines) is 1. The van der Waals surface area contributed by atoms with Gasteiger partial charge in [0.05, 0.1) is 0 Å². The maximum absolute atomic E-state index is 11.4. The number of nitrogens with zero attached hydrogens (tertiary/aromatic N) is 1. The van der Waals surface area contributed by atoms with E-state index in [1.54, 1.807) is 0 Å². The van der Waals surface area contributed by atoms with Crippen molar-refractivity contribution in [2.45, 2.75) is 38.6 Å². The molecule has 0 spiro atoms. The lowest BCUT2D eigenvalue weighted by Gasteiger charge is -2.21. The first-order valence-corrected chi connectivity index (χ1v) is 7.63. The Hall–Kier alpha value is -0.220. The zero-order chi connectivity index (χ0) is 11.8. The Morgan fingerprint density at radius 1 is 1.50 bits per heavy atom. The highest BCUT2D eigenvalue weighted by Gasteiger charge is 2.21. The largest absolute Gasteiger partial charge is 0.341 e. The summed E-state index contributed by atoms with van der Waals surface area (Å²) in [6.07, 6.45) is 6.46. The van der Waals surface area contributed by atoms with Gasteiger partial charge in [0.1, 0.15) is 0 Å². The van der Waals surface area contributed by atoms with Gasteiger partial charge in [0, 0.05) is 25.6 Å². The van der Waals surface area contributed by atoms with Crippen LogP contribution in [0.4, 0.5) is 0 Å². The predicted molar refractivity (Wildman–Crippen MR) is 70.9 cm³/mol. The summed E-state index contributed by atoms with van der Waals surface area (Å²) in [5.41, 5.74) is 0. The molecule has 16 heavy (non-hydrogen) atoms. The summed E-state index contributed by atoms with van der Waals surface area (Å²) in [4.78, 5) is 13.4. The summed E-state index contributed by atoms with van der Waals surface area (Å²) < 4.78 is 0. The summed E-state index contributed by atoms with van der Waals surface area (Å²) in [6, 6.07) is 0.427. The van der Waals surface area contributed by atoms with Crippen LogP contribution in [0.5, 0.6) is 0 Å². The number of unbranched alkanes of at least 4 members (excludes halogenated alkanes) is 1. The van der Waals surface area contributed by atoms with Crippen LogP contribution in [0.2, 0.25) is 0 Å².